The third kappa shape index (κ3) is 10.4. The van der Waals surface area contributed by atoms with Crippen molar-refractivity contribution in [3.8, 4) is 0 Å². The van der Waals surface area contributed by atoms with Crippen LogP contribution in [0.3, 0.4) is 0 Å². The Morgan fingerprint density at radius 2 is 1.89 bits per heavy atom. The molecule has 0 bridgehead atoms. The van der Waals surface area contributed by atoms with Gasteiger partial charge in [-0.3, -0.25) is 14.6 Å². The van der Waals surface area contributed by atoms with Crippen molar-refractivity contribution in [1.82, 2.24) is 4.90 Å². The van der Waals surface area contributed by atoms with Crippen LogP contribution >= 0.6 is 0 Å². The molecule has 1 fully saturated rings. The maximum atomic E-state index is 12.2. The summed E-state index contributed by atoms with van der Waals surface area (Å²) in [5.74, 6) is 3.00. The molecule has 3 rings (SSSR count). The maximum Gasteiger partial charge on any atom is 1.00 e. The zero-order valence-electron chi connectivity index (χ0n) is 23.5. The fraction of sp³-hybridized carbons (Fsp3) is 0.433. The van der Waals surface area contributed by atoms with E-state index in [9.17, 15) is 9.59 Å². The van der Waals surface area contributed by atoms with Crippen LogP contribution in [0, 0.1) is 11.9 Å². The molecule has 6 nitrogen and oxygen atoms in total. The molecule has 1 heterocycles. The Hall–Kier alpha value is -2.35. The van der Waals surface area contributed by atoms with Gasteiger partial charge in [-0.2, -0.15) is 6.08 Å². The Balaban J connectivity index is 0.000000622. The van der Waals surface area contributed by atoms with Crippen LogP contribution in [0.15, 0.2) is 71.0 Å². The number of rotatable bonds is 9. The summed E-state index contributed by atoms with van der Waals surface area (Å²) in [6.45, 7) is 10.7. The van der Waals surface area contributed by atoms with Crippen molar-refractivity contribution in [2.24, 2.45) is 22.4 Å². The first-order valence-electron chi connectivity index (χ1n) is 13.1. The summed E-state index contributed by atoms with van der Waals surface area (Å²) in [6.07, 6.45) is 10.3. The molecule has 0 spiro atoms. The minimum absolute atomic E-state index is 0. The van der Waals surface area contributed by atoms with E-state index in [1.165, 1.54) is 43.6 Å². The Kier molecular flexibility index (Phi) is 15.3. The molecule has 8 heteroatoms. The number of amides is 1. The van der Waals surface area contributed by atoms with Crippen LogP contribution in [0.5, 0.6) is 0 Å². The van der Waals surface area contributed by atoms with Gasteiger partial charge in [0.2, 0.25) is 5.91 Å². The number of nitrogens with zero attached hydrogens (tertiary/aromatic N) is 2. The summed E-state index contributed by atoms with van der Waals surface area (Å²) < 4.78 is 0. The van der Waals surface area contributed by atoms with Gasteiger partial charge in [-0.15, -0.1) is 0 Å². The Morgan fingerprint density at radius 1 is 1.24 bits per heavy atom. The van der Waals surface area contributed by atoms with Crippen LogP contribution in [-0.4, -0.2) is 43.2 Å². The molecule has 0 saturated heterocycles. The predicted octanol–water partition coefficient (Wildman–Crippen LogP) is 2.00. The molecule has 1 amide bonds. The van der Waals surface area contributed by atoms with Gasteiger partial charge < -0.3 is 22.3 Å². The molecular weight excluding hydrogens is 482 g/mol. The van der Waals surface area contributed by atoms with Gasteiger partial charge in [0.05, 0.1) is 5.69 Å². The van der Waals surface area contributed by atoms with E-state index in [1.54, 1.807) is 0 Å². The van der Waals surface area contributed by atoms with Gasteiger partial charge in [-0.05, 0) is 73.6 Å². The zero-order chi connectivity index (χ0) is 27.4. The maximum absolute atomic E-state index is 12.2. The van der Waals surface area contributed by atoms with Crippen molar-refractivity contribution >= 4 is 30.9 Å². The standard InChI is InChI=1S/C24H33N3O.C6H7BNO.Na/c1-4-7-22(26-20-12-10-19(11-13-20)18-8-9-18)24-17(5-2)16-27(23(28)6-3)15-14-21(24)25;1-5(9)6(8)3-2-4-7;/h6,10-13,17-18H,3-5,7-9,14-16,25H2,1-2H3;2-3H,8H2,1H3;/q;-1;+1/b;6-3-;. The summed E-state index contributed by atoms with van der Waals surface area (Å²) in [7, 11) is 4.86. The molecule has 1 aromatic carbocycles. The summed E-state index contributed by atoms with van der Waals surface area (Å²) in [4.78, 5) is 29.5. The second-order valence-electron chi connectivity index (χ2n) is 9.47. The van der Waals surface area contributed by atoms with E-state index in [0.717, 1.165) is 47.8 Å². The fourth-order valence-corrected chi connectivity index (χ4v) is 4.32. The van der Waals surface area contributed by atoms with Crippen molar-refractivity contribution in [1.29, 1.82) is 0 Å². The molecule has 4 N–H and O–H groups in total. The van der Waals surface area contributed by atoms with Gasteiger partial charge in [0.1, 0.15) is 0 Å². The fourth-order valence-electron chi connectivity index (χ4n) is 4.32. The summed E-state index contributed by atoms with van der Waals surface area (Å²) in [5, 5.41) is 0. The smallest absolute Gasteiger partial charge is 0.410 e. The van der Waals surface area contributed by atoms with E-state index in [4.69, 9.17) is 24.3 Å². The van der Waals surface area contributed by atoms with Crippen molar-refractivity contribution in [3.05, 3.63) is 77.6 Å². The number of nitrogens with two attached hydrogens (primary N) is 2. The molecule has 1 aliphatic heterocycles. The molecule has 1 unspecified atom stereocenters. The number of allylic oxidation sites excluding steroid dienone is 3. The van der Waals surface area contributed by atoms with Crippen LogP contribution in [0.2, 0.25) is 0 Å². The number of Topliss-reactive ketones (excluding diaryl/α,β-unsaturated/α-hetero) is 1. The molecule has 1 aliphatic carbocycles. The van der Waals surface area contributed by atoms with Crippen molar-refractivity contribution in [3.63, 3.8) is 0 Å². The Labute approximate surface area is 252 Å². The van der Waals surface area contributed by atoms with E-state index >= 15 is 0 Å². The average Bonchev–Trinajstić information content (AvgIpc) is 3.75. The van der Waals surface area contributed by atoms with Gasteiger partial charge in [-0.25, -0.2) is 6.08 Å². The van der Waals surface area contributed by atoms with Crippen LogP contribution in [0.1, 0.15) is 70.8 Å². The predicted molar refractivity (Wildman–Crippen MR) is 153 cm³/mol. The van der Waals surface area contributed by atoms with Crippen LogP contribution in [-0.2, 0) is 9.59 Å². The molecule has 1 saturated carbocycles. The Bertz CT molecular complexity index is 1070. The molecule has 38 heavy (non-hydrogen) atoms. The molecule has 196 valence electrons. The zero-order valence-corrected chi connectivity index (χ0v) is 25.5. The minimum atomic E-state index is -0.165. The normalized spacial score (nSPS) is 18.3. The second kappa shape index (κ2) is 17.3. The summed E-state index contributed by atoms with van der Waals surface area (Å²) in [5.41, 5.74) is 17.5. The third-order valence-corrected chi connectivity index (χ3v) is 6.59. The number of hydrogen-bond donors (Lipinski definition) is 2. The van der Waals surface area contributed by atoms with Gasteiger partial charge in [0.25, 0.3) is 0 Å². The first-order valence-corrected chi connectivity index (χ1v) is 13.1. The topological polar surface area (TPSA) is 102 Å². The van der Waals surface area contributed by atoms with Crippen molar-refractivity contribution in [2.45, 2.75) is 65.2 Å². The molecule has 0 aromatic heterocycles. The van der Waals surface area contributed by atoms with Crippen molar-refractivity contribution in [2.75, 3.05) is 13.1 Å². The summed E-state index contributed by atoms with van der Waals surface area (Å²) >= 11 is 0. The largest absolute Gasteiger partial charge is 1.00 e. The SMILES string of the molecule is C=CC(=O)N1CCC(N)=C(C(CCC)=Nc2ccc(C3CC3)cc2)C(CC)C1.[B][C-]=C/C=C(\N)C(C)=O.[Na+]. The first kappa shape index (κ1) is 33.7. The molecule has 1 aromatic rings. The van der Waals surface area contributed by atoms with E-state index < -0.39 is 0 Å². The van der Waals surface area contributed by atoms with Crippen LogP contribution < -0.4 is 41.0 Å². The minimum Gasteiger partial charge on any atom is -0.410 e. The first-order chi connectivity index (χ1) is 17.7. The molecule has 2 aliphatic rings. The van der Waals surface area contributed by atoms with E-state index in [1.807, 2.05) is 4.90 Å². The van der Waals surface area contributed by atoms with Gasteiger partial charge in [0, 0.05) is 36.8 Å². The van der Waals surface area contributed by atoms with Crippen LogP contribution in [0.4, 0.5) is 5.69 Å². The molecule has 1 atom stereocenters. The number of aliphatic imine (C=N–C) groups is 1. The van der Waals surface area contributed by atoms with Gasteiger partial charge in [0.15, 0.2) is 5.78 Å². The molecular formula is C30H40BN4NaO2. The van der Waals surface area contributed by atoms with Crippen LogP contribution in [0.25, 0.3) is 0 Å². The van der Waals surface area contributed by atoms with Crippen molar-refractivity contribution < 1.29 is 39.1 Å². The monoisotopic (exact) mass is 522 g/mol. The number of carbonyl (C=O) groups excluding carboxylic acids is 2. The number of ketones is 1. The number of hydrogen-bond acceptors (Lipinski definition) is 5. The van der Waals surface area contributed by atoms with Gasteiger partial charge in [-0.1, -0.05) is 46.8 Å². The second-order valence-corrected chi connectivity index (χ2v) is 9.47. The number of benzene rings is 1. The molecule has 2 radical (unpaired) electrons. The van der Waals surface area contributed by atoms with E-state index in [2.05, 4.69) is 50.7 Å². The van der Waals surface area contributed by atoms with E-state index in [-0.39, 0.29) is 52.9 Å². The average molecular weight is 522 g/mol. The van der Waals surface area contributed by atoms with E-state index in [0.29, 0.717) is 19.5 Å². The number of carbonyl (C=O) groups is 2. The summed E-state index contributed by atoms with van der Waals surface area (Å²) in [6, 6.07) is 8.69. The Morgan fingerprint density at radius 3 is 2.39 bits per heavy atom. The third-order valence-electron chi connectivity index (χ3n) is 6.59. The quantitative estimate of drug-likeness (QED) is 0.170. The van der Waals surface area contributed by atoms with Gasteiger partial charge >= 0.3 is 29.6 Å².